The molecule has 0 fully saturated rings. The Balaban J connectivity index is 0. The Bertz CT molecular complexity index is 361. The van der Waals surface area contributed by atoms with Gasteiger partial charge >= 0.3 is 0 Å². The monoisotopic (exact) mass is 242 g/mol. The van der Waals surface area contributed by atoms with Crippen molar-refractivity contribution in [2.45, 2.75) is 0 Å². The molecule has 0 amide bonds. The molecule has 0 aliphatic heterocycles. The number of nitrogens with one attached hydrogen (secondary N) is 1. The van der Waals surface area contributed by atoms with Gasteiger partial charge in [-0.15, -0.1) is 37.2 Å². The number of anilines is 1. The van der Waals surface area contributed by atoms with E-state index in [1.54, 1.807) is 6.20 Å². The van der Waals surface area contributed by atoms with Crippen LogP contribution in [0, 0.1) is 0 Å². The van der Waals surface area contributed by atoms with Crippen molar-refractivity contribution in [2.24, 2.45) is 0 Å². The van der Waals surface area contributed by atoms with E-state index >= 15 is 0 Å². The summed E-state index contributed by atoms with van der Waals surface area (Å²) in [4.78, 5) is 10.7. The molecule has 2 heterocycles. The largest absolute Gasteiger partial charge is 0.383 e. The smallest absolute Gasteiger partial charge is 0.142 e. The second kappa shape index (κ2) is 5.85. The van der Waals surface area contributed by atoms with Crippen molar-refractivity contribution in [3.8, 4) is 0 Å². The molecule has 0 unspecified atom stereocenters. The van der Waals surface area contributed by atoms with Crippen molar-refractivity contribution in [2.75, 3.05) is 5.73 Å². The van der Waals surface area contributed by atoms with E-state index in [1.165, 1.54) is 6.33 Å². The Morgan fingerprint density at radius 1 is 1.15 bits per heavy atom. The maximum absolute atomic E-state index is 5.53. The van der Waals surface area contributed by atoms with Crippen molar-refractivity contribution in [3.63, 3.8) is 0 Å². The summed E-state index contributed by atoms with van der Waals surface area (Å²) in [5, 5.41) is 0.877. The number of H-pyrrole nitrogens is 1. The lowest BCUT2D eigenvalue weighted by atomic mass is 10.4. The molecule has 3 N–H and O–H groups in total. The molecule has 0 radical (unpaired) electrons. The van der Waals surface area contributed by atoms with Crippen LogP contribution in [0.3, 0.4) is 0 Å². The van der Waals surface area contributed by atoms with Crippen molar-refractivity contribution >= 4 is 54.1 Å². The zero-order valence-electron chi connectivity index (χ0n) is 6.43. The molecule has 0 spiro atoms. The normalized spacial score (nSPS) is 8.00. The van der Waals surface area contributed by atoms with Gasteiger partial charge in [-0.1, -0.05) is 0 Å². The van der Waals surface area contributed by atoms with Crippen LogP contribution in [0.2, 0.25) is 0 Å². The van der Waals surface area contributed by atoms with E-state index in [9.17, 15) is 0 Å². The summed E-state index contributed by atoms with van der Waals surface area (Å²) in [6, 6.07) is 1.85. The van der Waals surface area contributed by atoms with Gasteiger partial charge in [0, 0.05) is 6.20 Å². The number of rotatable bonds is 0. The maximum atomic E-state index is 5.53. The molecule has 4 nitrogen and oxygen atoms in total. The molecule has 0 saturated heterocycles. The highest BCUT2D eigenvalue weighted by atomic mass is 35.5. The van der Waals surface area contributed by atoms with Crippen LogP contribution < -0.4 is 5.73 Å². The van der Waals surface area contributed by atoms with Crippen molar-refractivity contribution in [1.82, 2.24) is 15.0 Å². The van der Waals surface area contributed by atoms with Crippen LogP contribution in [0.15, 0.2) is 18.6 Å². The lowest BCUT2D eigenvalue weighted by Gasteiger charge is -1.90. The number of hydrogen-bond acceptors (Lipinski definition) is 3. The average Bonchev–Trinajstić information content (AvgIpc) is 2.36. The van der Waals surface area contributed by atoms with Crippen LogP contribution in [-0.2, 0) is 0 Å². The van der Waals surface area contributed by atoms with Crippen LogP contribution in [0.1, 0.15) is 0 Å². The number of aromatic nitrogens is 3. The zero-order valence-corrected chi connectivity index (χ0v) is 8.88. The van der Waals surface area contributed by atoms with E-state index in [0.29, 0.717) is 5.82 Å². The Morgan fingerprint density at radius 3 is 2.46 bits per heavy atom. The molecule has 0 bridgehead atoms. The highest BCUT2D eigenvalue weighted by Crippen LogP contribution is 2.12. The number of halogens is 3. The molecule has 0 aliphatic carbocycles. The summed E-state index contributed by atoms with van der Waals surface area (Å²) in [6.07, 6.45) is 3.23. The first-order valence-corrected chi connectivity index (χ1v) is 2.91. The standard InChI is InChI=1S/C6H6N4.3ClH/c7-5-4-1-2-8-6(4)10-3-9-5;;;/h1-3H,(H3,7,8,9,10);3*1H. The summed E-state index contributed by atoms with van der Waals surface area (Å²) >= 11 is 0. The highest BCUT2D eigenvalue weighted by molar-refractivity contribution is 5.86. The average molecular weight is 244 g/mol. The summed E-state index contributed by atoms with van der Waals surface area (Å²) in [5.74, 6) is 0.520. The predicted octanol–water partition coefficient (Wildman–Crippen LogP) is 1.81. The van der Waals surface area contributed by atoms with Gasteiger partial charge in [-0.05, 0) is 6.07 Å². The van der Waals surface area contributed by atoms with Crippen LogP contribution in [0.25, 0.3) is 11.0 Å². The van der Waals surface area contributed by atoms with Crippen LogP contribution >= 0.6 is 37.2 Å². The number of nitrogen functional groups attached to an aromatic ring is 1. The highest BCUT2D eigenvalue weighted by Gasteiger charge is 1.97. The van der Waals surface area contributed by atoms with Gasteiger partial charge in [0.2, 0.25) is 0 Å². The minimum Gasteiger partial charge on any atom is -0.383 e. The van der Waals surface area contributed by atoms with Gasteiger partial charge < -0.3 is 10.7 Å². The van der Waals surface area contributed by atoms with Gasteiger partial charge in [-0.2, -0.15) is 0 Å². The topological polar surface area (TPSA) is 67.6 Å². The minimum absolute atomic E-state index is 0. The molecule has 7 heteroatoms. The SMILES string of the molecule is Cl.Cl.Cl.Nc1ncnc2[nH]ccc12. The fourth-order valence-corrected chi connectivity index (χ4v) is 0.892. The van der Waals surface area contributed by atoms with E-state index in [0.717, 1.165) is 11.0 Å². The molecule has 2 rings (SSSR count). The molecule has 0 saturated carbocycles. The fourth-order valence-electron chi connectivity index (χ4n) is 0.892. The minimum atomic E-state index is 0. The molecule has 2 aromatic rings. The molecule has 74 valence electrons. The molecule has 13 heavy (non-hydrogen) atoms. The third kappa shape index (κ3) is 2.62. The van der Waals surface area contributed by atoms with Crippen LogP contribution in [0.4, 0.5) is 5.82 Å². The molecule has 0 aliphatic rings. The summed E-state index contributed by atoms with van der Waals surface area (Å²) in [5.41, 5.74) is 6.31. The Hall–Kier alpha value is -0.710. The number of nitrogens with two attached hydrogens (primary N) is 1. The molecule has 0 atom stereocenters. The number of fused-ring (bicyclic) bond motifs is 1. The van der Waals surface area contributed by atoms with Gasteiger partial charge in [0.25, 0.3) is 0 Å². The lowest BCUT2D eigenvalue weighted by Crippen LogP contribution is -1.90. The first kappa shape index (κ1) is 14.8. The van der Waals surface area contributed by atoms with Gasteiger partial charge in [0.1, 0.15) is 17.8 Å². The van der Waals surface area contributed by atoms with Crippen molar-refractivity contribution < 1.29 is 0 Å². The van der Waals surface area contributed by atoms with Crippen LogP contribution in [-0.4, -0.2) is 15.0 Å². The Kier molecular flexibility index (Phi) is 6.66. The molecular formula is C6H9Cl3N4. The van der Waals surface area contributed by atoms with E-state index in [1.807, 2.05) is 6.07 Å². The summed E-state index contributed by atoms with van der Waals surface area (Å²) in [7, 11) is 0. The summed E-state index contributed by atoms with van der Waals surface area (Å²) in [6.45, 7) is 0. The van der Waals surface area contributed by atoms with E-state index in [2.05, 4.69) is 15.0 Å². The molecular weight excluding hydrogens is 234 g/mol. The second-order valence-corrected chi connectivity index (χ2v) is 2.00. The first-order chi connectivity index (χ1) is 4.88. The first-order valence-electron chi connectivity index (χ1n) is 2.91. The second-order valence-electron chi connectivity index (χ2n) is 2.00. The third-order valence-corrected chi connectivity index (χ3v) is 1.38. The quantitative estimate of drug-likeness (QED) is 0.741. The van der Waals surface area contributed by atoms with Gasteiger partial charge in [-0.3, -0.25) is 0 Å². The number of hydrogen-bond donors (Lipinski definition) is 2. The van der Waals surface area contributed by atoms with Gasteiger partial charge in [0.15, 0.2) is 0 Å². The third-order valence-electron chi connectivity index (χ3n) is 1.38. The predicted molar refractivity (Wildman–Crippen MR) is 60.0 cm³/mol. The molecule has 2 aromatic heterocycles. The molecule has 0 aromatic carbocycles. The fraction of sp³-hybridized carbons (Fsp3) is 0. The Morgan fingerprint density at radius 2 is 1.85 bits per heavy atom. The number of nitrogens with zero attached hydrogens (tertiary/aromatic N) is 2. The lowest BCUT2D eigenvalue weighted by molar-refractivity contribution is 1.21. The van der Waals surface area contributed by atoms with E-state index in [4.69, 9.17) is 5.73 Å². The zero-order chi connectivity index (χ0) is 6.97. The van der Waals surface area contributed by atoms with E-state index < -0.39 is 0 Å². The van der Waals surface area contributed by atoms with Crippen molar-refractivity contribution in [1.29, 1.82) is 0 Å². The van der Waals surface area contributed by atoms with Crippen molar-refractivity contribution in [3.05, 3.63) is 18.6 Å². The summed E-state index contributed by atoms with van der Waals surface area (Å²) < 4.78 is 0. The van der Waals surface area contributed by atoms with E-state index in [-0.39, 0.29) is 37.2 Å². The van der Waals surface area contributed by atoms with Gasteiger partial charge in [-0.25, -0.2) is 9.97 Å². The maximum Gasteiger partial charge on any atom is 0.142 e. The Labute approximate surface area is 93.6 Å². The van der Waals surface area contributed by atoms with Crippen LogP contribution in [0.5, 0.6) is 0 Å². The van der Waals surface area contributed by atoms with Gasteiger partial charge in [0.05, 0.1) is 5.39 Å². The number of aromatic amines is 1.